The van der Waals surface area contributed by atoms with Crippen LogP contribution in [0.5, 0.6) is 0 Å². The van der Waals surface area contributed by atoms with Gasteiger partial charge in [0, 0.05) is 18.8 Å². The maximum atomic E-state index is 11.7. The first-order valence-electron chi connectivity index (χ1n) is 7.02. The third kappa shape index (κ3) is 10.8. The largest absolute Gasteiger partial charge is 0.550 e. The number of esters is 1. The van der Waals surface area contributed by atoms with E-state index in [0.717, 1.165) is 0 Å². The van der Waals surface area contributed by atoms with Crippen LogP contribution in [-0.2, 0) is 14.3 Å². The van der Waals surface area contributed by atoms with E-state index in [4.69, 9.17) is 4.74 Å². The van der Waals surface area contributed by atoms with Gasteiger partial charge in [-0.1, -0.05) is 6.92 Å². The zero-order valence-electron chi connectivity index (χ0n) is 12.9. The first-order valence-corrected chi connectivity index (χ1v) is 7.02. The minimum Gasteiger partial charge on any atom is -0.550 e. The van der Waals surface area contributed by atoms with Crippen LogP contribution in [0.3, 0.4) is 0 Å². The molecule has 0 aliphatic rings. The standard InChI is InChI=1S/C14H27NO5/c1-5-11(16)7-6-8-14(19)20-12(9-13(17)18)10-15(2,3)4/h11-12,16H,5-10H2,1-4H3. The molecule has 0 aliphatic heterocycles. The molecular formula is C14H27NO5. The summed E-state index contributed by atoms with van der Waals surface area (Å²) in [5.74, 6) is -1.65. The summed E-state index contributed by atoms with van der Waals surface area (Å²) in [6, 6.07) is 0. The number of carboxylic acids is 1. The predicted molar refractivity (Wildman–Crippen MR) is 72.6 cm³/mol. The maximum Gasteiger partial charge on any atom is 0.306 e. The quantitative estimate of drug-likeness (QED) is 0.440. The van der Waals surface area contributed by atoms with Crippen molar-refractivity contribution >= 4 is 11.9 Å². The number of hydrogen-bond donors (Lipinski definition) is 1. The highest BCUT2D eigenvalue weighted by Gasteiger charge is 2.22. The van der Waals surface area contributed by atoms with Gasteiger partial charge >= 0.3 is 5.97 Å². The van der Waals surface area contributed by atoms with Crippen LogP contribution in [-0.4, -0.2) is 61.4 Å². The highest BCUT2D eigenvalue weighted by molar-refractivity contribution is 5.70. The lowest BCUT2D eigenvalue weighted by molar-refractivity contribution is -0.873. The van der Waals surface area contributed by atoms with Gasteiger partial charge in [0.25, 0.3) is 0 Å². The van der Waals surface area contributed by atoms with Crippen LogP contribution < -0.4 is 5.11 Å². The average molecular weight is 289 g/mol. The fourth-order valence-electron chi connectivity index (χ4n) is 1.87. The number of carbonyl (C=O) groups excluding carboxylic acids is 2. The SMILES string of the molecule is CCC(O)CCCC(=O)OC(CC(=O)[O-])C[N+](C)(C)C. The van der Waals surface area contributed by atoms with E-state index in [1.54, 1.807) is 0 Å². The Bertz CT molecular complexity index is 311. The molecule has 0 spiro atoms. The third-order valence-corrected chi connectivity index (χ3v) is 2.83. The number of aliphatic hydroxyl groups is 1. The molecule has 0 saturated carbocycles. The van der Waals surface area contributed by atoms with Gasteiger partial charge in [-0.2, -0.15) is 0 Å². The van der Waals surface area contributed by atoms with Gasteiger partial charge in [0.05, 0.1) is 27.2 Å². The first kappa shape index (κ1) is 18.9. The molecule has 118 valence electrons. The Hall–Kier alpha value is -1.14. The molecule has 0 radical (unpaired) electrons. The summed E-state index contributed by atoms with van der Waals surface area (Å²) in [4.78, 5) is 22.3. The van der Waals surface area contributed by atoms with Gasteiger partial charge in [-0.15, -0.1) is 0 Å². The van der Waals surface area contributed by atoms with Gasteiger partial charge in [0.1, 0.15) is 6.54 Å². The van der Waals surface area contributed by atoms with Crippen molar-refractivity contribution in [2.45, 2.75) is 51.2 Å². The first-order chi connectivity index (χ1) is 9.14. The molecule has 0 fully saturated rings. The van der Waals surface area contributed by atoms with Crippen molar-refractivity contribution in [1.29, 1.82) is 0 Å². The number of aliphatic hydroxyl groups excluding tert-OH is 1. The molecule has 0 aromatic carbocycles. The Morgan fingerprint density at radius 2 is 1.90 bits per heavy atom. The van der Waals surface area contributed by atoms with Crippen LogP contribution in [0.15, 0.2) is 0 Å². The minimum atomic E-state index is -1.22. The number of carboxylic acid groups (broad SMARTS) is 1. The smallest absolute Gasteiger partial charge is 0.306 e. The Morgan fingerprint density at radius 1 is 1.30 bits per heavy atom. The number of aliphatic carboxylic acids is 1. The Kier molecular flexibility index (Phi) is 8.41. The monoisotopic (exact) mass is 289 g/mol. The molecule has 0 aromatic heterocycles. The van der Waals surface area contributed by atoms with Crippen LogP contribution >= 0.6 is 0 Å². The van der Waals surface area contributed by atoms with Crippen molar-refractivity contribution in [3.8, 4) is 0 Å². The molecule has 6 nitrogen and oxygen atoms in total. The van der Waals surface area contributed by atoms with Crippen molar-refractivity contribution in [3.63, 3.8) is 0 Å². The Labute approximate surface area is 120 Å². The normalized spacial score (nSPS) is 14.7. The van der Waals surface area contributed by atoms with Crippen molar-refractivity contribution in [2.75, 3.05) is 27.7 Å². The van der Waals surface area contributed by atoms with E-state index in [9.17, 15) is 19.8 Å². The topological polar surface area (TPSA) is 86.7 Å². The van der Waals surface area contributed by atoms with E-state index in [-0.39, 0.29) is 12.8 Å². The second-order valence-corrected chi connectivity index (χ2v) is 6.12. The molecule has 0 rings (SSSR count). The molecule has 0 aromatic rings. The van der Waals surface area contributed by atoms with Gasteiger partial charge in [-0.25, -0.2) is 0 Å². The van der Waals surface area contributed by atoms with Gasteiger partial charge < -0.3 is 24.2 Å². The highest BCUT2D eigenvalue weighted by atomic mass is 16.5. The van der Waals surface area contributed by atoms with Crippen molar-refractivity contribution in [1.82, 2.24) is 0 Å². The van der Waals surface area contributed by atoms with Crippen LogP contribution in [0, 0.1) is 0 Å². The number of nitrogens with zero attached hydrogens (tertiary/aromatic N) is 1. The molecule has 0 saturated heterocycles. The summed E-state index contributed by atoms with van der Waals surface area (Å²) in [5, 5.41) is 20.1. The van der Waals surface area contributed by atoms with Crippen LogP contribution in [0.4, 0.5) is 0 Å². The summed E-state index contributed by atoms with van der Waals surface area (Å²) in [7, 11) is 5.69. The summed E-state index contributed by atoms with van der Waals surface area (Å²) in [5.41, 5.74) is 0. The van der Waals surface area contributed by atoms with E-state index in [1.165, 1.54) is 0 Å². The lowest BCUT2D eigenvalue weighted by Crippen LogP contribution is -2.45. The molecule has 1 N–H and O–H groups in total. The summed E-state index contributed by atoms with van der Waals surface area (Å²) >= 11 is 0. The van der Waals surface area contributed by atoms with Crippen molar-refractivity contribution < 1.29 is 29.0 Å². The van der Waals surface area contributed by atoms with E-state index in [1.807, 2.05) is 28.1 Å². The zero-order chi connectivity index (χ0) is 15.8. The van der Waals surface area contributed by atoms with Crippen molar-refractivity contribution in [3.05, 3.63) is 0 Å². The van der Waals surface area contributed by atoms with Crippen LogP contribution in [0.25, 0.3) is 0 Å². The highest BCUT2D eigenvalue weighted by Crippen LogP contribution is 2.09. The molecule has 0 bridgehead atoms. The molecule has 6 heteroatoms. The lowest BCUT2D eigenvalue weighted by atomic mass is 10.1. The second kappa shape index (κ2) is 8.92. The fourth-order valence-corrected chi connectivity index (χ4v) is 1.87. The number of carbonyl (C=O) groups is 2. The summed E-state index contributed by atoms with van der Waals surface area (Å²) in [6.07, 6.45) is 0.569. The third-order valence-electron chi connectivity index (χ3n) is 2.83. The zero-order valence-corrected chi connectivity index (χ0v) is 12.9. The number of ether oxygens (including phenoxy) is 1. The average Bonchev–Trinajstić information content (AvgIpc) is 2.25. The maximum absolute atomic E-state index is 11.7. The number of quaternary nitrogens is 1. The van der Waals surface area contributed by atoms with E-state index in [2.05, 4.69) is 0 Å². The predicted octanol–water partition coefficient (Wildman–Crippen LogP) is -0.314. The molecule has 0 heterocycles. The van der Waals surface area contributed by atoms with E-state index < -0.39 is 24.1 Å². The molecule has 0 amide bonds. The van der Waals surface area contributed by atoms with Gasteiger partial charge in [-0.05, 0) is 19.3 Å². The van der Waals surface area contributed by atoms with Crippen LogP contribution in [0.1, 0.15) is 39.0 Å². The number of likely N-dealkylation sites (N-methyl/N-ethyl adjacent to an activating group) is 1. The van der Waals surface area contributed by atoms with Gasteiger partial charge in [-0.3, -0.25) is 4.79 Å². The second-order valence-electron chi connectivity index (χ2n) is 6.12. The van der Waals surface area contributed by atoms with Crippen molar-refractivity contribution in [2.24, 2.45) is 0 Å². The molecule has 2 unspecified atom stereocenters. The minimum absolute atomic E-state index is 0.192. The number of rotatable bonds is 10. The summed E-state index contributed by atoms with van der Waals surface area (Å²) < 4.78 is 5.70. The van der Waals surface area contributed by atoms with Crippen LogP contribution in [0.2, 0.25) is 0 Å². The molecule has 20 heavy (non-hydrogen) atoms. The number of hydrogen-bond acceptors (Lipinski definition) is 5. The molecule has 0 aliphatic carbocycles. The summed E-state index contributed by atoms with van der Waals surface area (Å²) in [6.45, 7) is 2.29. The Morgan fingerprint density at radius 3 is 2.35 bits per heavy atom. The fraction of sp³-hybridized carbons (Fsp3) is 0.857. The Balaban J connectivity index is 4.21. The van der Waals surface area contributed by atoms with E-state index in [0.29, 0.717) is 30.3 Å². The van der Waals surface area contributed by atoms with E-state index >= 15 is 0 Å². The van der Waals surface area contributed by atoms with Gasteiger partial charge in [0.2, 0.25) is 0 Å². The lowest BCUT2D eigenvalue weighted by Gasteiger charge is -2.29. The molecular weight excluding hydrogens is 262 g/mol. The van der Waals surface area contributed by atoms with Gasteiger partial charge in [0.15, 0.2) is 6.10 Å². The molecule has 2 atom stereocenters.